The first-order valence-corrected chi connectivity index (χ1v) is 11.4. The molecule has 2 heterocycles. The lowest BCUT2D eigenvalue weighted by Gasteiger charge is -2.28. The van der Waals surface area contributed by atoms with Crippen LogP contribution in [0.25, 0.3) is 5.65 Å². The molecule has 1 aliphatic carbocycles. The molecule has 7 nitrogen and oxygen atoms in total. The van der Waals surface area contributed by atoms with Crippen LogP contribution >= 0.6 is 0 Å². The summed E-state index contributed by atoms with van der Waals surface area (Å²) in [4.78, 5) is 4.56. The van der Waals surface area contributed by atoms with Gasteiger partial charge >= 0.3 is 0 Å². The topological polar surface area (TPSA) is 104 Å². The maximum Gasteiger partial charge on any atom is 0.179 e. The highest BCUT2D eigenvalue weighted by atomic mass is 15.3. The van der Waals surface area contributed by atoms with Gasteiger partial charge in [0.25, 0.3) is 0 Å². The van der Waals surface area contributed by atoms with Gasteiger partial charge in [-0.25, -0.2) is 4.98 Å². The minimum atomic E-state index is 0.274. The second-order valence-corrected chi connectivity index (χ2v) is 8.60. The predicted octanol–water partition coefficient (Wildman–Crippen LogP) is 4.62. The number of para-hydroxylation sites is 1. The monoisotopic (exact) mass is 437 g/mol. The first-order valence-electron chi connectivity index (χ1n) is 11.4. The molecule has 1 aliphatic rings. The summed E-state index contributed by atoms with van der Waals surface area (Å²) in [6.45, 7) is 0. The van der Waals surface area contributed by atoms with Crippen molar-refractivity contribution in [2.75, 3.05) is 10.6 Å². The highest BCUT2D eigenvalue weighted by molar-refractivity contribution is 5.81. The molecule has 166 valence electrons. The Morgan fingerprint density at radius 3 is 2.39 bits per heavy atom. The Morgan fingerprint density at radius 1 is 1.00 bits per heavy atom. The lowest BCUT2D eigenvalue weighted by atomic mass is 9.91. The standard InChI is InChI=1S/C26H27N7/c27-16-22-17-29-26-24(30-20-9-5-2-6-10-20)23(15-18-7-3-1-4-8-18)25(32-33(22)26)31-21-13-11-19(28)12-14-21/h1-10,17,19,21,30H,11-15,28H2,(H,31,32). The van der Waals surface area contributed by atoms with Gasteiger partial charge in [0.15, 0.2) is 17.2 Å². The summed E-state index contributed by atoms with van der Waals surface area (Å²) in [5.41, 5.74) is 11.2. The number of nitrogens with zero attached hydrogens (tertiary/aromatic N) is 4. The van der Waals surface area contributed by atoms with Crippen LogP contribution in [-0.2, 0) is 6.42 Å². The van der Waals surface area contributed by atoms with E-state index in [0.29, 0.717) is 23.8 Å². The fourth-order valence-corrected chi connectivity index (χ4v) is 4.45. The molecule has 0 atom stereocenters. The van der Waals surface area contributed by atoms with Gasteiger partial charge < -0.3 is 16.4 Å². The zero-order valence-corrected chi connectivity index (χ0v) is 18.4. The maximum atomic E-state index is 9.65. The number of hydrogen-bond donors (Lipinski definition) is 3. The summed E-state index contributed by atoms with van der Waals surface area (Å²) in [6, 6.07) is 23.1. The van der Waals surface area contributed by atoms with Gasteiger partial charge in [0.2, 0.25) is 0 Å². The van der Waals surface area contributed by atoms with Gasteiger partial charge in [-0.1, -0.05) is 48.5 Å². The van der Waals surface area contributed by atoms with E-state index in [4.69, 9.17) is 10.8 Å². The number of imidazole rings is 1. The average Bonchev–Trinajstić information content (AvgIpc) is 3.26. The lowest BCUT2D eigenvalue weighted by molar-refractivity contribution is 0.410. The van der Waals surface area contributed by atoms with Crippen LogP contribution in [0.1, 0.15) is 42.5 Å². The molecule has 1 fully saturated rings. The van der Waals surface area contributed by atoms with Crippen LogP contribution in [0.3, 0.4) is 0 Å². The Balaban J connectivity index is 1.65. The van der Waals surface area contributed by atoms with E-state index in [9.17, 15) is 5.26 Å². The molecule has 0 saturated heterocycles. The number of nitriles is 1. The molecule has 7 heteroatoms. The lowest BCUT2D eigenvalue weighted by Crippen LogP contribution is -2.33. The molecule has 0 spiro atoms. The van der Waals surface area contributed by atoms with Crippen LogP contribution in [0.2, 0.25) is 0 Å². The van der Waals surface area contributed by atoms with Crippen LogP contribution in [0.15, 0.2) is 66.9 Å². The Labute approximate surface area is 193 Å². The van der Waals surface area contributed by atoms with Crippen molar-refractivity contribution >= 4 is 22.8 Å². The Hall–Kier alpha value is -3.89. The summed E-state index contributed by atoms with van der Waals surface area (Å²) < 4.78 is 1.64. The normalized spacial score (nSPS) is 18.1. The molecule has 2 aromatic heterocycles. The number of benzene rings is 2. The fraction of sp³-hybridized carbons (Fsp3) is 0.269. The second kappa shape index (κ2) is 9.31. The number of fused-ring (bicyclic) bond motifs is 1. The molecular weight excluding hydrogens is 410 g/mol. The van der Waals surface area contributed by atoms with Crippen LogP contribution in [0, 0.1) is 11.3 Å². The zero-order chi connectivity index (χ0) is 22.6. The van der Waals surface area contributed by atoms with Gasteiger partial charge in [0.05, 0.1) is 11.9 Å². The van der Waals surface area contributed by atoms with Crippen molar-refractivity contribution in [3.8, 4) is 6.07 Å². The van der Waals surface area contributed by atoms with Gasteiger partial charge in [0.1, 0.15) is 6.07 Å². The van der Waals surface area contributed by atoms with Crippen molar-refractivity contribution in [3.05, 3.63) is 83.7 Å². The minimum absolute atomic E-state index is 0.274. The molecule has 0 radical (unpaired) electrons. The van der Waals surface area contributed by atoms with E-state index in [2.05, 4.69) is 33.8 Å². The maximum absolute atomic E-state index is 9.65. The smallest absolute Gasteiger partial charge is 0.179 e. The van der Waals surface area contributed by atoms with Crippen LogP contribution < -0.4 is 16.4 Å². The van der Waals surface area contributed by atoms with Gasteiger partial charge in [-0.2, -0.15) is 9.78 Å². The second-order valence-electron chi connectivity index (χ2n) is 8.60. The third kappa shape index (κ3) is 4.52. The molecule has 4 N–H and O–H groups in total. The third-order valence-electron chi connectivity index (χ3n) is 6.24. The zero-order valence-electron chi connectivity index (χ0n) is 18.4. The van der Waals surface area contributed by atoms with Crippen molar-refractivity contribution in [1.82, 2.24) is 14.6 Å². The van der Waals surface area contributed by atoms with Gasteiger partial charge in [-0.3, -0.25) is 0 Å². The van der Waals surface area contributed by atoms with Crippen molar-refractivity contribution in [1.29, 1.82) is 5.26 Å². The molecule has 4 aromatic rings. The number of nitrogens with two attached hydrogens (primary N) is 1. The summed E-state index contributed by atoms with van der Waals surface area (Å²) in [5.74, 6) is 0.778. The number of anilines is 3. The largest absolute Gasteiger partial charge is 0.366 e. The van der Waals surface area contributed by atoms with Gasteiger partial charge in [0, 0.05) is 29.8 Å². The van der Waals surface area contributed by atoms with E-state index < -0.39 is 0 Å². The number of aromatic nitrogens is 3. The Bertz CT molecular complexity index is 1270. The number of nitrogens with one attached hydrogen (secondary N) is 2. The van der Waals surface area contributed by atoms with Crippen molar-refractivity contribution in [2.24, 2.45) is 5.73 Å². The minimum Gasteiger partial charge on any atom is -0.366 e. The quantitative estimate of drug-likeness (QED) is 0.407. The molecule has 0 amide bonds. The molecule has 1 saturated carbocycles. The average molecular weight is 438 g/mol. The van der Waals surface area contributed by atoms with E-state index in [1.54, 1.807) is 10.7 Å². The Kier molecular flexibility index (Phi) is 5.92. The van der Waals surface area contributed by atoms with E-state index in [0.717, 1.165) is 48.4 Å². The van der Waals surface area contributed by atoms with Crippen LogP contribution in [-0.4, -0.2) is 26.7 Å². The molecule has 0 unspecified atom stereocenters. The molecule has 2 aromatic carbocycles. The molecule has 5 rings (SSSR count). The van der Waals surface area contributed by atoms with Gasteiger partial charge in [-0.05, 0) is 43.4 Å². The predicted molar refractivity (Wildman–Crippen MR) is 131 cm³/mol. The van der Waals surface area contributed by atoms with Crippen LogP contribution in [0.5, 0.6) is 0 Å². The van der Waals surface area contributed by atoms with E-state index in [1.165, 1.54) is 5.56 Å². The van der Waals surface area contributed by atoms with Gasteiger partial charge in [-0.15, -0.1) is 5.10 Å². The summed E-state index contributed by atoms with van der Waals surface area (Å²) in [6.07, 6.45) is 6.26. The van der Waals surface area contributed by atoms with E-state index in [1.807, 2.05) is 48.5 Å². The highest BCUT2D eigenvalue weighted by Gasteiger charge is 2.24. The SMILES string of the molecule is N#Cc1cnc2c(Nc3ccccc3)c(Cc3ccccc3)c(NC3CCC(N)CC3)nn12. The van der Waals surface area contributed by atoms with E-state index >= 15 is 0 Å². The summed E-state index contributed by atoms with van der Waals surface area (Å²) in [7, 11) is 0. The van der Waals surface area contributed by atoms with Crippen molar-refractivity contribution in [3.63, 3.8) is 0 Å². The summed E-state index contributed by atoms with van der Waals surface area (Å²) >= 11 is 0. The first kappa shape index (κ1) is 21.0. The first-order chi connectivity index (χ1) is 16.2. The van der Waals surface area contributed by atoms with Crippen molar-refractivity contribution < 1.29 is 0 Å². The van der Waals surface area contributed by atoms with E-state index in [-0.39, 0.29) is 6.04 Å². The fourth-order valence-electron chi connectivity index (χ4n) is 4.45. The molecular formula is C26H27N7. The summed E-state index contributed by atoms with van der Waals surface area (Å²) in [5, 5.41) is 21.8. The van der Waals surface area contributed by atoms with Crippen molar-refractivity contribution in [2.45, 2.75) is 44.2 Å². The Morgan fingerprint density at radius 2 is 1.70 bits per heavy atom. The molecule has 0 aliphatic heterocycles. The third-order valence-corrected chi connectivity index (χ3v) is 6.24. The van der Waals surface area contributed by atoms with Crippen LogP contribution in [0.4, 0.5) is 17.2 Å². The number of hydrogen-bond acceptors (Lipinski definition) is 6. The molecule has 33 heavy (non-hydrogen) atoms. The highest BCUT2D eigenvalue weighted by Crippen LogP contribution is 2.33. The number of rotatable bonds is 6. The molecule has 0 bridgehead atoms.